The quantitative estimate of drug-likeness (QED) is 0.257. The van der Waals surface area contributed by atoms with E-state index in [1.165, 1.54) is 27.4 Å². The molecule has 1 spiro atoms. The van der Waals surface area contributed by atoms with Gasteiger partial charge < -0.3 is 10.2 Å². The minimum Gasteiger partial charge on any atom is -0.350 e. The fourth-order valence-electron chi connectivity index (χ4n) is 6.36. The average molecular weight is 559 g/mol. The molecule has 0 aliphatic carbocycles. The molecule has 11 heteroatoms. The van der Waals surface area contributed by atoms with Crippen LogP contribution < -0.4 is 5.32 Å². The molecule has 0 aromatic heterocycles. The van der Waals surface area contributed by atoms with Gasteiger partial charge in [0, 0.05) is 25.2 Å². The lowest BCUT2D eigenvalue weighted by atomic mass is 9.80. The maximum absolute atomic E-state index is 14.2. The number of nitrogens with one attached hydrogen (secondary N) is 1. The van der Waals surface area contributed by atoms with Crippen LogP contribution in [0.4, 0.5) is 5.69 Å². The summed E-state index contributed by atoms with van der Waals surface area (Å²) in [5.41, 5.74) is -0.448. The van der Waals surface area contributed by atoms with E-state index in [1.54, 1.807) is 12.2 Å². The summed E-state index contributed by atoms with van der Waals surface area (Å²) >= 11 is 0. The molecule has 2 saturated heterocycles. The minimum atomic E-state index is -4.50. The van der Waals surface area contributed by atoms with Gasteiger partial charge in [-0.05, 0) is 23.6 Å². The number of fused-ring (bicyclic) bond motifs is 1. The van der Waals surface area contributed by atoms with Gasteiger partial charge in [0.2, 0.25) is 11.8 Å². The first-order valence-corrected chi connectivity index (χ1v) is 14.3. The van der Waals surface area contributed by atoms with Gasteiger partial charge in [-0.2, -0.15) is 4.31 Å². The van der Waals surface area contributed by atoms with Crippen LogP contribution in [0.25, 0.3) is 0 Å². The van der Waals surface area contributed by atoms with Gasteiger partial charge in [0.1, 0.15) is 6.04 Å². The third kappa shape index (κ3) is 3.92. The minimum absolute atomic E-state index is 0.110. The Hall–Kier alpha value is -4.35. The number of benzene rings is 3. The van der Waals surface area contributed by atoms with Gasteiger partial charge in [-0.25, -0.2) is 8.42 Å². The molecule has 0 saturated carbocycles. The predicted octanol–water partition coefficient (Wildman–Crippen LogP) is 3.01. The van der Waals surface area contributed by atoms with Gasteiger partial charge in [0.05, 0.1) is 16.4 Å². The summed E-state index contributed by atoms with van der Waals surface area (Å²) in [7, 11) is -4.50. The summed E-state index contributed by atoms with van der Waals surface area (Å²) in [5, 5.41) is 14.7. The SMILES string of the molecule is O=C(NCc1ccccc1)[C@@H]1N(Cc2ccccc2)C(=O)[C@H]2C[C@H]3C=C[C@@]21N3S(=O)(=O)c1ccccc1[N+](=O)[O-]. The molecule has 6 rings (SSSR count). The van der Waals surface area contributed by atoms with Crippen LogP contribution in [0.1, 0.15) is 17.5 Å². The topological polar surface area (TPSA) is 130 Å². The van der Waals surface area contributed by atoms with Crippen LogP contribution in [0.15, 0.2) is 102 Å². The van der Waals surface area contributed by atoms with Crippen molar-refractivity contribution in [1.29, 1.82) is 0 Å². The van der Waals surface area contributed by atoms with Gasteiger partial charge in [0.15, 0.2) is 4.90 Å². The zero-order valence-electron chi connectivity index (χ0n) is 21.3. The molecule has 3 aliphatic heterocycles. The smallest absolute Gasteiger partial charge is 0.289 e. The number of nitro groups is 1. The van der Waals surface area contributed by atoms with Crippen molar-refractivity contribution in [3.8, 4) is 0 Å². The second kappa shape index (κ2) is 9.68. The molecule has 40 heavy (non-hydrogen) atoms. The van der Waals surface area contributed by atoms with Crippen molar-refractivity contribution in [1.82, 2.24) is 14.5 Å². The maximum atomic E-state index is 14.2. The van der Waals surface area contributed by atoms with Gasteiger partial charge in [0.25, 0.3) is 15.7 Å². The van der Waals surface area contributed by atoms with Crippen LogP contribution in [0.3, 0.4) is 0 Å². The van der Waals surface area contributed by atoms with E-state index in [2.05, 4.69) is 5.32 Å². The highest BCUT2D eigenvalue weighted by Crippen LogP contribution is 2.56. The summed E-state index contributed by atoms with van der Waals surface area (Å²) in [6.45, 7) is 0.299. The summed E-state index contributed by atoms with van der Waals surface area (Å²) in [4.78, 5) is 40.0. The van der Waals surface area contributed by atoms with E-state index in [4.69, 9.17) is 0 Å². The lowest BCUT2D eigenvalue weighted by Crippen LogP contribution is -2.61. The number of amides is 2. The van der Waals surface area contributed by atoms with Gasteiger partial charge in [-0.3, -0.25) is 19.7 Å². The Kier molecular flexibility index (Phi) is 6.27. The fraction of sp³-hybridized carbons (Fsp3) is 0.241. The molecule has 3 aromatic carbocycles. The van der Waals surface area contributed by atoms with E-state index in [0.29, 0.717) is 0 Å². The normalized spacial score (nSPS) is 25.2. The lowest BCUT2D eigenvalue weighted by Gasteiger charge is -2.38. The summed E-state index contributed by atoms with van der Waals surface area (Å²) in [6, 6.07) is 21.7. The summed E-state index contributed by atoms with van der Waals surface area (Å²) in [6.07, 6.45) is 3.52. The van der Waals surface area contributed by atoms with Crippen molar-refractivity contribution in [2.24, 2.45) is 5.92 Å². The molecule has 10 nitrogen and oxygen atoms in total. The summed E-state index contributed by atoms with van der Waals surface area (Å²) in [5.74, 6) is -1.62. The van der Waals surface area contributed by atoms with E-state index in [-0.39, 0.29) is 25.4 Å². The molecule has 3 aliphatic rings. The Bertz CT molecular complexity index is 1630. The van der Waals surface area contributed by atoms with E-state index < -0.39 is 55.0 Å². The Labute approximate surface area is 231 Å². The predicted molar refractivity (Wildman–Crippen MR) is 145 cm³/mol. The van der Waals surface area contributed by atoms with Crippen molar-refractivity contribution in [3.63, 3.8) is 0 Å². The molecule has 0 radical (unpaired) electrons. The van der Waals surface area contributed by atoms with Crippen LogP contribution >= 0.6 is 0 Å². The molecular weight excluding hydrogens is 532 g/mol. The second-order valence-electron chi connectivity index (χ2n) is 10.2. The number of carbonyl (C=O) groups is 2. The molecule has 2 amide bonds. The first kappa shape index (κ1) is 25.9. The van der Waals surface area contributed by atoms with Crippen LogP contribution in [0.2, 0.25) is 0 Å². The number of nitrogens with zero attached hydrogens (tertiary/aromatic N) is 3. The lowest BCUT2D eigenvalue weighted by molar-refractivity contribution is -0.387. The zero-order chi connectivity index (χ0) is 28.1. The van der Waals surface area contributed by atoms with E-state index in [9.17, 15) is 28.1 Å². The number of carbonyl (C=O) groups excluding carboxylic acids is 2. The molecular formula is C29H26N4O6S. The van der Waals surface area contributed by atoms with Gasteiger partial charge in [-0.15, -0.1) is 0 Å². The number of para-hydroxylation sites is 1. The molecule has 2 bridgehead atoms. The molecule has 2 fully saturated rings. The average Bonchev–Trinajstić information content (AvgIpc) is 3.58. The van der Waals surface area contributed by atoms with E-state index in [0.717, 1.165) is 17.2 Å². The Morgan fingerprint density at radius 3 is 2.27 bits per heavy atom. The largest absolute Gasteiger partial charge is 0.350 e. The van der Waals surface area contributed by atoms with Crippen LogP contribution in [0, 0.1) is 16.0 Å². The zero-order valence-corrected chi connectivity index (χ0v) is 22.1. The summed E-state index contributed by atoms with van der Waals surface area (Å²) < 4.78 is 29.6. The van der Waals surface area contributed by atoms with E-state index in [1.807, 2.05) is 60.7 Å². The Morgan fingerprint density at radius 2 is 1.60 bits per heavy atom. The number of rotatable bonds is 8. The van der Waals surface area contributed by atoms with Gasteiger partial charge in [-0.1, -0.05) is 84.9 Å². The Balaban J connectivity index is 1.45. The highest BCUT2D eigenvalue weighted by molar-refractivity contribution is 7.89. The standard InChI is InChI=1S/C29H26N4O6S/c34-27(30-18-20-9-3-1-4-10-20)26-29-16-15-22(17-23(29)28(35)31(26)19-21-11-5-2-6-12-21)32(29)40(38,39)25-14-8-7-13-24(25)33(36)37/h1-16,22-23,26H,17-19H2,(H,30,34)/t22-,23-,26+,29-/m1/s1. The Morgan fingerprint density at radius 1 is 0.975 bits per heavy atom. The van der Waals surface area contributed by atoms with Crippen LogP contribution in [-0.4, -0.2) is 52.0 Å². The third-order valence-corrected chi connectivity index (χ3v) is 9.99. The maximum Gasteiger partial charge on any atom is 0.289 e. The third-order valence-electron chi connectivity index (χ3n) is 7.99. The second-order valence-corrected chi connectivity index (χ2v) is 12.0. The van der Waals surface area contributed by atoms with Crippen molar-refractivity contribution in [2.75, 3.05) is 0 Å². The highest BCUT2D eigenvalue weighted by atomic mass is 32.2. The molecule has 3 heterocycles. The van der Waals surface area contributed by atoms with Crippen molar-refractivity contribution < 1.29 is 22.9 Å². The van der Waals surface area contributed by atoms with Crippen LogP contribution in [-0.2, 0) is 32.7 Å². The fourth-order valence-corrected chi connectivity index (χ4v) is 8.44. The van der Waals surface area contributed by atoms with Crippen LogP contribution in [0.5, 0.6) is 0 Å². The van der Waals surface area contributed by atoms with E-state index >= 15 is 0 Å². The molecule has 4 atom stereocenters. The molecule has 3 aromatic rings. The molecule has 204 valence electrons. The van der Waals surface area contributed by atoms with Crippen molar-refractivity contribution in [3.05, 3.63) is 118 Å². The van der Waals surface area contributed by atoms with Crippen molar-refractivity contribution >= 4 is 27.5 Å². The van der Waals surface area contributed by atoms with Gasteiger partial charge >= 0.3 is 0 Å². The number of hydrogen-bond acceptors (Lipinski definition) is 6. The first-order valence-electron chi connectivity index (χ1n) is 12.9. The monoisotopic (exact) mass is 558 g/mol. The number of likely N-dealkylation sites (tertiary alicyclic amines) is 1. The number of nitro benzene ring substituents is 1. The number of sulfonamides is 1. The van der Waals surface area contributed by atoms with Crippen molar-refractivity contribution in [2.45, 2.75) is 42.0 Å². The first-order chi connectivity index (χ1) is 19.2. The molecule has 1 N–H and O–H groups in total. The highest BCUT2D eigenvalue weighted by Gasteiger charge is 2.73. The molecule has 0 unspecified atom stereocenters. The number of hydrogen-bond donors (Lipinski definition) is 1.